The molecule has 1 amide bonds. The van der Waals surface area contributed by atoms with Crippen LogP contribution in [0.5, 0.6) is 0 Å². The van der Waals surface area contributed by atoms with E-state index < -0.39 is 5.82 Å². The number of hydrogen-bond acceptors (Lipinski definition) is 4. The summed E-state index contributed by atoms with van der Waals surface area (Å²) in [6, 6.07) is 14.5. The Bertz CT molecular complexity index is 716. The number of hydrogen-bond donors (Lipinski definition) is 1. The van der Waals surface area contributed by atoms with Gasteiger partial charge in [-0.05, 0) is 11.6 Å². The van der Waals surface area contributed by atoms with Gasteiger partial charge in [0.1, 0.15) is 6.61 Å². The summed E-state index contributed by atoms with van der Waals surface area (Å²) in [5.41, 5.74) is 1.68. The highest BCUT2D eigenvalue weighted by Crippen LogP contribution is 2.23. The normalized spacial score (nSPS) is 14.5. The van der Waals surface area contributed by atoms with E-state index in [1.807, 2.05) is 35.2 Å². The number of piperazine rings is 1. The standard InChI is InChI=1S/C19H21FN2O3/c20-18-16(13-23)7-4-8-17(18)21-9-11-22(12-10-21)19(24)25-14-15-5-2-1-3-6-15/h1-8,23H,9-14H2. The second kappa shape index (κ2) is 7.98. The average Bonchev–Trinajstić information content (AvgIpc) is 2.67. The van der Waals surface area contributed by atoms with Gasteiger partial charge in [0.25, 0.3) is 0 Å². The Hall–Kier alpha value is -2.60. The molecule has 2 aromatic carbocycles. The molecule has 0 aromatic heterocycles. The van der Waals surface area contributed by atoms with Crippen LogP contribution in [-0.4, -0.2) is 42.3 Å². The molecule has 1 N–H and O–H groups in total. The quantitative estimate of drug-likeness (QED) is 0.927. The number of carbonyl (C=O) groups excluding carboxylic acids is 1. The van der Waals surface area contributed by atoms with E-state index in [1.165, 1.54) is 0 Å². The first kappa shape index (κ1) is 17.2. The third-order valence-electron chi connectivity index (χ3n) is 4.31. The molecule has 0 unspecified atom stereocenters. The second-order valence-corrected chi connectivity index (χ2v) is 5.92. The number of aliphatic hydroxyl groups excluding tert-OH is 1. The number of ether oxygens (including phenoxy) is 1. The fourth-order valence-electron chi connectivity index (χ4n) is 2.87. The molecule has 5 nitrogen and oxygen atoms in total. The molecule has 1 aliphatic rings. The van der Waals surface area contributed by atoms with Crippen LogP contribution in [-0.2, 0) is 18.0 Å². The van der Waals surface area contributed by atoms with Crippen molar-refractivity contribution in [2.45, 2.75) is 13.2 Å². The van der Waals surface area contributed by atoms with Crippen LogP contribution in [0.2, 0.25) is 0 Å². The Morgan fingerprint density at radius 3 is 2.44 bits per heavy atom. The Morgan fingerprint density at radius 1 is 1.04 bits per heavy atom. The summed E-state index contributed by atoms with van der Waals surface area (Å²) in [6.07, 6.45) is -0.354. The first-order valence-corrected chi connectivity index (χ1v) is 8.28. The van der Waals surface area contributed by atoms with Gasteiger partial charge in [0.15, 0.2) is 5.82 Å². The molecule has 25 heavy (non-hydrogen) atoms. The molecule has 3 rings (SSSR count). The van der Waals surface area contributed by atoms with Crippen molar-refractivity contribution in [1.82, 2.24) is 4.90 Å². The van der Waals surface area contributed by atoms with Crippen LogP contribution in [0, 0.1) is 5.82 Å². The lowest BCUT2D eigenvalue weighted by molar-refractivity contribution is 0.0941. The van der Waals surface area contributed by atoms with Gasteiger partial charge in [0.2, 0.25) is 0 Å². The molecule has 2 aromatic rings. The van der Waals surface area contributed by atoms with Gasteiger partial charge in [-0.2, -0.15) is 0 Å². The van der Waals surface area contributed by atoms with Crippen molar-refractivity contribution in [3.05, 3.63) is 65.5 Å². The number of aliphatic hydroxyl groups is 1. The van der Waals surface area contributed by atoms with Gasteiger partial charge in [-0.25, -0.2) is 9.18 Å². The van der Waals surface area contributed by atoms with Crippen LogP contribution in [0.3, 0.4) is 0 Å². The highest BCUT2D eigenvalue weighted by atomic mass is 19.1. The SMILES string of the molecule is O=C(OCc1ccccc1)N1CCN(c2cccc(CO)c2F)CC1. The van der Waals surface area contributed by atoms with Crippen molar-refractivity contribution in [3.8, 4) is 0 Å². The van der Waals surface area contributed by atoms with Crippen LogP contribution < -0.4 is 4.90 Å². The van der Waals surface area contributed by atoms with E-state index in [2.05, 4.69) is 0 Å². The first-order valence-electron chi connectivity index (χ1n) is 8.28. The lowest BCUT2D eigenvalue weighted by atomic mass is 10.1. The largest absolute Gasteiger partial charge is 0.445 e. The Kier molecular flexibility index (Phi) is 5.50. The smallest absolute Gasteiger partial charge is 0.410 e. The van der Waals surface area contributed by atoms with Crippen LogP contribution >= 0.6 is 0 Å². The van der Waals surface area contributed by atoms with Crippen molar-refractivity contribution in [3.63, 3.8) is 0 Å². The maximum Gasteiger partial charge on any atom is 0.410 e. The minimum atomic E-state index is -0.398. The predicted octanol–water partition coefficient (Wildman–Crippen LogP) is 2.78. The highest BCUT2D eigenvalue weighted by Gasteiger charge is 2.24. The summed E-state index contributed by atoms with van der Waals surface area (Å²) in [5.74, 6) is -0.398. The number of anilines is 1. The summed E-state index contributed by atoms with van der Waals surface area (Å²) >= 11 is 0. The van der Waals surface area contributed by atoms with Crippen LogP contribution in [0.15, 0.2) is 48.5 Å². The lowest BCUT2D eigenvalue weighted by Gasteiger charge is -2.35. The summed E-state index contributed by atoms with van der Waals surface area (Å²) in [6.45, 7) is 1.89. The zero-order chi connectivity index (χ0) is 17.6. The molecule has 1 fully saturated rings. The van der Waals surface area contributed by atoms with Crippen LogP contribution in [0.4, 0.5) is 14.9 Å². The van der Waals surface area contributed by atoms with E-state index in [1.54, 1.807) is 23.1 Å². The van der Waals surface area contributed by atoms with E-state index in [4.69, 9.17) is 4.74 Å². The van der Waals surface area contributed by atoms with Crippen LogP contribution in [0.25, 0.3) is 0 Å². The number of rotatable bonds is 4. The molecule has 1 saturated heterocycles. The van der Waals surface area contributed by atoms with Crippen LogP contribution in [0.1, 0.15) is 11.1 Å². The topological polar surface area (TPSA) is 53.0 Å². The molecule has 0 radical (unpaired) electrons. The van der Waals surface area contributed by atoms with Crippen molar-refractivity contribution in [2.24, 2.45) is 0 Å². The van der Waals surface area contributed by atoms with Gasteiger partial charge < -0.3 is 19.6 Å². The highest BCUT2D eigenvalue weighted by molar-refractivity contribution is 5.68. The molecule has 0 bridgehead atoms. The van der Waals surface area contributed by atoms with E-state index in [9.17, 15) is 14.3 Å². The maximum atomic E-state index is 14.3. The summed E-state index contributed by atoms with van der Waals surface area (Å²) in [7, 11) is 0. The number of nitrogens with zero attached hydrogens (tertiary/aromatic N) is 2. The molecule has 0 aliphatic carbocycles. The molecular weight excluding hydrogens is 323 g/mol. The number of halogens is 1. The van der Waals surface area contributed by atoms with Crippen molar-refractivity contribution in [2.75, 3.05) is 31.1 Å². The number of amides is 1. The number of carbonyl (C=O) groups is 1. The fraction of sp³-hybridized carbons (Fsp3) is 0.316. The molecule has 1 aliphatic heterocycles. The molecule has 0 saturated carbocycles. The zero-order valence-corrected chi connectivity index (χ0v) is 13.9. The van der Waals surface area contributed by atoms with Crippen molar-refractivity contribution in [1.29, 1.82) is 0 Å². The molecular formula is C19H21FN2O3. The van der Waals surface area contributed by atoms with Gasteiger partial charge >= 0.3 is 6.09 Å². The van der Waals surface area contributed by atoms with Crippen molar-refractivity contribution < 1.29 is 19.0 Å². The third-order valence-corrected chi connectivity index (χ3v) is 4.31. The Morgan fingerprint density at radius 2 is 1.76 bits per heavy atom. The van der Waals surface area contributed by atoms with Gasteiger partial charge in [-0.1, -0.05) is 42.5 Å². The molecule has 6 heteroatoms. The number of benzene rings is 2. The van der Waals surface area contributed by atoms with Crippen molar-refractivity contribution >= 4 is 11.8 Å². The first-order chi connectivity index (χ1) is 12.2. The average molecular weight is 344 g/mol. The van der Waals surface area contributed by atoms with E-state index in [0.29, 0.717) is 31.9 Å². The molecule has 0 atom stereocenters. The zero-order valence-electron chi connectivity index (χ0n) is 13.9. The molecule has 0 spiro atoms. The molecule has 1 heterocycles. The Labute approximate surface area is 146 Å². The van der Waals surface area contributed by atoms with E-state index in [0.717, 1.165) is 5.56 Å². The summed E-state index contributed by atoms with van der Waals surface area (Å²) < 4.78 is 19.6. The lowest BCUT2D eigenvalue weighted by Crippen LogP contribution is -2.49. The minimum absolute atomic E-state index is 0.243. The summed E-state index contributed by atoms with van der Waals surface area (Å²) in [4.78, 5) is 15.7. The maximum absolute atomic E-state index is 14.3. The van der Waals surface area contributed by atoms with Gasteiger partial charge in [0, 0.05) is 31.7 Å². The summed E-state index contributed by atoms with van der Waals surface area (Å²) in [5, 5.41) is 9.18. The Balaban J connectivity index is 1.54. The van der Waals surface area contributed by atoms with Gasteiger partial charge in [-0.15, -0.1) is 0 Å². The molecule has 132 valence electrons. The third kappa shape index (κ3) is 4.09. The minimum Gasteiger partial charge on any atom is -0.445 e. The second-order valence-electron chi connectivity index (χ2n) is 5.92. The fourth-order valence-corrected chi connectivity index (χ4v) is 2.87. The van der Waals surface area contributed by atoms with Gasteiger partial charge in [0.05, 0.1) is 12.3 Å². The van der Waals surface area contributed by atoms with E-state index >= 15 is 0 Å². The van der Waals surface area contributed by atoms with E-state index in [-0.39, 0.29) is 24.9 Å². The van der Waals surface area contributed by atoms with Gasteiger partial charge in [-0.3, -0.25) is 0 Å². The predicted molar refractivity (Wildman–Crippen MR) is 92.7 cm³/mol. The monoisotopic (exact) mass is 344 g/mol.